The van der Waals surface area contributed by atoms with Gasteiger partial charge in [-0.1, -0.05) is 12.1 Å². The van der Waals surface area contributed by atoms with Gasteiger partial charge in [-0.2, -0.15) is 4.98 Å². The van der Waals surface area contributed by atoms with Crippen molar-refractivity contribution in [1.82, 2.24) is 14.4 Å². The Kier molecular flexibility index (Phi) is 3.70. The molecule has 0 aliphatic carbocycles. The van der Waals surface area contributed by atoms with Gasteiger partial charge in [0.2, 0.25) is 5.65 Å². The highest BCUT2D eigenvalue weighted by molar-refractivity contribution is 5.54. The van der Waals surface area contributed by atoms with Crippen LogP contribution in [0.3, 0.4) is 0 Å². The molecule has 108 valence electrons. The first-order valence-electron chi connectivity index (χ1n) is 6.61. The molecule has 3 aromatic rings. The topological polar surface area (TPSA) is 74.7 Å². The number of hydrogen-bond donors (Lipinski definition) is 1. The highest BCUT2D eigenvalue weighted by Gasteiger charge is 2.08. The molecule has 21 heavy (non-hydrogen) atoms. The molecule has 0 fully saturated rings. The Hall–Kier alpha value is -2.60. The van der Waals surface area contributed by atoms with Crippen molar-refractivity contribution in [2.75, 3.05) is 19.5 Å². The number of ether oxygens (including phenoxy) is 2. The molecule has 6 nitrogen and oxygen atoms in total. The second-order valence-corrected chi connectivity index (χ2v) is 4.62. The normalized spacial score (nSPS) is 10.9. The number of rotatable bonds is 5. The number of hydrogen-bond acceptors (Lipinski definition) is 5. The fourth-order valence-electron chi connectivity index (χ4n) is 2.05. The number of nitrogen functional groups attached to an aromatic ring is 1. The van der Waals surface area contributed by atoms with E-state index in [0.29, 0.717) is 29.7 Å². The Morgan fingerprint density at radius 2 is 2.05 bits per heavy atom. The van der Waals surface area contributed by atoms with Gasteiger partial charge < -0.3 is 15.2 Å². The van der Waals surface area contributed by atoms with Crippen LogP contribution in [-0.2, 0) is 11.2 Å². The molecule has 0 radical (unpaired) electrons. The largest absolute Gasteiger partial charge is 0.436 e. The second kappa shape index (κ2) is 5.80. The maximum Gasteiger partial charge on any atom is 0.265 e. The van der Waals surface area contributed by atoms with Crippen molar-refractivity contribution in [2.45, 2.75) is 6.42 Å². The van der Waals surface area contributed by atoms with Gasteiger partial charge >= 0.3 is 0 Å². The molecule has 0 saturated carbocycles. The van der Waals surface area contributed by atoms with Crippen LogP contribution >= 0.6 is 0 Å². The summed E-state index contributed by atoms with van der Waals surface area (Å²) in [5.74, 6) is 1.47. The zero-order valence-electron chi connectivity index (χ0n) is 11.7. The SMILES string of the molecule is COCCc1ccc(Oc2nc(N)cn3ccnc23)cc1. The lowest BCUT2D eigenvalue weighted by atomic mass is 10.1. The van der Waals surface area contributed by atoms with Gasteiger partial charge in [-0.05, 0) is 24.1 Å². The van der Waals surface area contributed by atoms with Crippen molar-refractivity contribution < 1.29 is 9.47 Å². The van der Waals surface area contributed by atoms with E-state index in [9.17, 15) is 0 Å². The van der Waals surface area contributed by atoms with Gasteiger partial charge in [0.15, 0.2) is 0 Å². The minimum atomic E-state index is 0.382. The molecule has 0 atom stereocenters. The molecular formula is C15H16N4O2. The van der Waals surface area contributed by atoms with Gasteiger partial charge in [-0.25, -0.2) is 4.98 Å². The van der Waals surface area contributed by atoms with Crippen molar-refractivity contribution in [3.63, 3.8) is 0 Å². The lowest BCUT2D eigenvalue weighted by Gasteiger charge is -2.08. The fraction of sp³-hybridized carbons (Fsp3) is 0.200. The molecule has 2 N–H and O–H groups in total. The molecule has 6 heteroatoms. The summed E-state index contributed by atoms with van der Waals surface area (Å²) in [7, 11) is 1.69. The molecule has 2 aromatic heterocycles. The molecule has 0 amide bonds. The molecular weight excluding hydrogens is 268 g/mol. The standard InChI is InChI=1S/C15H16N4O2/c1-20-9-6-11-2-4-12(5-3-11)21-15-14-17-7-8-19(14)10-13(16)18-15/h2-5,7-8,10H,6,9,16H2,1H3. The number of aromatic nitrogens is 3. The molecule has 1 aromatic carbocycles. The van der Waals surface area contributed by atoms with Crippen LogP contribution in [0.4, 0.5) is 5.82 Å². The molecule has 2 heterocycles. The summed E-state index contributed by atoms with van der Waals surface area (Å²) in [6.45, 7) is 0.700. The quantitative estimate of drug-likeness (QED) is 0.778. The van der Waals surface area contributed by atoms with Crippen molar-refractivity contribution in [1.29, 1.82) is 0 Å². The summed E-state index contributed by atoms with van der Waals surface area (Å²) < 4.78 is 12.6. The van der Waals surface area contributed by atoms with Crippen molar-refractivity contribution >= 4 is 11.5 Å². The van der Waals surface area contributed by atoms with Crippen LogP contribution in [0.25, 0.3) is 5.65 Å². The van der Waals surface area contributed by atoms with E-state index in [1.54, 1.807) is 30.1 Å². The van der Waals surface area contributed by atoms with Gasteiger partial charge in [0.25, 0.3) is 5.88 Å². The first-order valence-corrected chi connectivity index (χ1v) is 6.61. The average Bonchev–Trinajstić information content (AvgIpc) is 2.95. The summed E-state index contributed by atoms with van der Waals surface area (Å²) in [5, 5.41) is 0. The lowest BCUT2D eigenvalue weighted by molar-refractivity contribution is 0.202. The number of nitrogens with zero attached hydrogens (tertiary/aromatic N) is 3. The highest BCUT2D eigenvalue weighted by atomic mass is 16.5. The minimum absolute atomic E-state index is 0.382. The smallest absolute Gasteiger partial charge is 0.265 e. The summed E-state index contributed by atoms with van der Waals surface area (Å²) in [5.41, 5.74) is 7.59. The summed E-state index contributed by atoms with van der Waals surface area (Å²) in [4.78, 5) is 8.41. The Bertz CT molecular complexity index is 737. The van der Waals surface area contributed by atoms with Crippen LogP contribution in [0, 0.1) is 0 Å². The Morgan fingerprint density at radius 1 is 1.24 bits per heavy atom. The summed E-state index contributed by atoms with van der Waals surface area (Å²) >= 11 is 0. The van der Waals surface area contributed by atoms with Gasteiger partial charge in [0.05, 0.1) is 12.8 Å². The number of fused-ring (bicyclic) bond motifs is 1. The molecule has 0 aliphatic heterocycles. The first-order chi connectivity index (χ1) is 10.3. The van der Waals surface area contributed by atoms with Gasteiger partial charge in [-0.3, -0.25) is 4.40 Å². The monoisotopic (exact) mass is 284 g/mol. The average molecular weight is 284 g/mol. The predicted octanol–water partition coefficient (Wildman–Crippen LogP) is 2.29. The zero-order chi connectivity index (χ0) is 14.7. The third-order valence-corrected chi connectivity index (χ3v) is 3.09. The van der Waals surface area contributed by atoms with E-state index in [2.05, 4.69) is 9.97 Å². The van der Waals surface area contributed by atoms with Gasteiger partial charge in [0.1, 0.15) is 11.6 Å². The zero-order valence-corrected chi connectivity index (χ0v) is 11.7. The summed E-state index contributed by atoms with van der Waals surface area (Å²) in [6.07, 6.45) is 6.05. The Labute approximate surface area is 122 Å². The van der Waals surface area contributed by atoms with Crippen molar-refractivity contribution in [3.8, 4) is 11.6 Å². The van der Waals surface area contributed by atoms with E-state index < -0.39 is 0 Å². The maximum absolute atomic E-state index is 5.78. The molecule has 0 unspecified atom stereocenters. The number of anilines is 1. The lowest BCUT2D eigenvalue weighted by Crippen LogP contribution is -1.99. The molecule has 0 bridgehead atoms. The first kappa shape index (κ1) is 13.4. The highest BCUT2D eigenvalue weighted by Crippen LogP contribution is 2.24. The third kappa shape index (κ3) is 2.95. The van der Waals surface area contributed by atoms with Crippen LogP contribution in [0.15, 0.2) is 42.9 Å². The molecule has 0 spiro atoms. The van der Waals surface area contributed by atoms with E-state index in [1.807, 2.05) is 24.3 Å². The van der Waals surface area contributed by atoms with E-state index in [1.165, 1.54) is 5.56 Å². The van der Waals surface area contributed by atoms with E-state index >= 15 is 0 Å². The van der Waals surface area contributed by atoms with Crippen molar-refractivity contribution in [3.05, 3.63) is 48.4 Å². The predicted molar refractivity (Wildman–Crippen MR) is 79.5 cm³/mol. The van der Waals surface area contributed by atoms with Gasteiger partial charge in [-0.15, -0.1) is 0 Å². The van der Waals surface area contributed by atoms with Crippen LogP contribution in [0.2, 0.25) is 0 Å². The minimum Gasteiger partial charge on any atom is -0.436 e. The van der Waals surface area contributed by atoms with Crippen LogP contribution in [0.5, 0.6) is 11.6 Å². The summed E-state index contributed by atoms with van der Waals surface area (Å²) in [6, 6.07) is 7.80. The Balaban J connectivity index is 1.83. The van der Waals surface area contributed by atoms with Crippen molar-refractivity contribution in [2.24, 2.45) is 0 Å². The third-order valence-electron chi connectivity index (χ3n) is 3.09. The number of benzene rings is 1. The second-order valence-electron chi connectivity index (χ2n) is 4.62. The van der Waals surface area contributed by atoms with E-state index in [0.717, 1.165) is 6.42 Å². The molecule has 3 rings (SSSR count). The fourth-order valence-corrected chi connectivity index (χ4v) is 2.05. The Morgan fingerprint density at radius 3 is 2.81 bits per heavy atom. The van der Waals surface area contributed by atoms with Gasteiger partial charge in [0, 0.05) is 19.5 Å². The number of methoxy groups -OCH3 is 1. The van der Waals surface area contributed by atoms with Crippen LogP contribution < -0.4 is 10.5 Å². The number of nitrogens with two attached hydrogens (primary N) is 1. The maximum atomic E-state index is 5.78. The molecule has 0 saturated heterocycles. The molecule has 0 aliphatic rings. The van der Waals surface area contributed by atoms with Crippen LogP contribution in [0.1, 0.15) is 5.56 Å². The van der Waals surface area contributed by atoms with Crippen LogP contribution in [-0.4, -0.2) is 28.1 Å². The van der Waals surface area contributed by atoms with E-state index in [-0.39, 0.29) is 0 Å². The van der Waals surface area contributed by atoms with E-state index in [4.69, 9.17) is 15.2 Å². The number of imidazole rings is 1.